The molecule has 9 heteroatoms. The van der Waals surface area contributed by atoms with Crippen LogP contribution in [0.25, 0.3) is 0 Å². The van der Waals surface area contributed by atoms with Crippen LogP contribution < -0.4 is 20.1 Å². The molecule has 1 aliphatic rings. The van der Waals surface area contributed by atoms with Crippen molar-refractivity contribution in [1.82, 2.24) is 5.32 Å². The van der Waals surface area contributed by atoms with Gasteiger partial charge in [0.15, 0.2) is 0 Å². The van der Waals surface area contributed by atoms with Gasteiger partial charge in [-0.1, -0.05) is 12.1 Å². The van der Waals surface area contributed by atoms with Gasteiger partial charge in [0.25, 0.3) is 15.9 Å². The van der Waals surface area contributed by atoms with Gasteiger partial charge in [0.2, 0.25) is 5.91 Å². The van der Waals surface area contributed by atoms with Gasteiger partial charge in [-0.25, -0.2) is 8.42 Å². The number of anilines is 2. The Labute approximate surface area is 163 Å². The van der Waals surface area contributed by atoms with E-state index in [4.69, 9.17) is 4.74 Å². The fourth-order valence-electron chi connectivity index (χ4n) is 2.60. The lowest BCUT2D eigenvalue weighted by atomic mass is 10.1. The normalized spacial score (nSPS) is 13.5. The molecule has 0 saturated heterocycles. The third kappa shape index (κ3) is 4.61. The van der Waals surface area contributed by atoms with Crippen molar-refractivity contribution in [3.05, 3.63) is 48.0 Å². The second kappa shape index (κ2) is 7.89. The highest BCUT2D eigenvalue weighted by Crippen LogP contribution is 2.29. The number of methoxy groups -OCH3 is 1. The molecule has 0 spiro atoms. The van der Waals surface area contributed by atoms with E-state index in [2.05, 4.69) is 15.4 Å². The van der Waals surface area contributed by atoms with Gasteiger partial charge in [-0.05, 0) is 37.1 Å². The lowest BCUT2D eigenvalue weighted by Crippen LogP contribution is -2.27. The number of rotatable bonds is 7. The molecule has 1 fully saturated rings. The summed E-state index contributed by atoms with van der Waals surface area (Å²) >= 11 is 0. The zero-order valence-electron chi connectivity index (χ0n) is 15.5. The Hall–Kier alpha value is -3.07. The Kier molecular flexibility index (Phi) is 5.55. The monoisotopic (exact) mass is 403 g/mol. The smallest absolute Gasteiger partial charge is 0.262 e. The molecule has 0 aromatic heterocycles. The van der Waals surface area contributed by atoms with Gasteiger partial charge < -0.3 is 15.4 Å². The van der Waals surface area contributed by atoms with E-state index >= 15 is 0 Å². The lowest BCUT2D eigenvalue weighted by molar-refractivity contribution is -0.114. The molecule has 3 N–H and O–H groups in total. The van der Waals surface area contributed by atoms with Crippen molar-refractivity contribution in [1.29, 1.82) is 0 Å². The SMILES string of the molecule is COc1cc(S(=O)(=O)Nc2ccccc2C(=O)NC2CC2)ccc1NC(C)=O. The maximum atomic E-state index is 12.8. The van der Waals surface area contributed by atoms with Crippen LogP contribution >= 0.6 is 0 Å². The number of amides is 2. The zero-order chi connectivity index (χ0) is 20.3. The fraction of sp³-hybridized carbons (Fsp3) is 0.263. The maximum Gasteiger partial charge on any atom is 0.262 e. The summed E-state index contributed by atoms with van der Waals surface area (Å²) in [6, 6.07) is 10.7. The molecule has 1 aliphatic carbocycles. The number of carbonyl (C=O) groups is 2. The number of nitrogens with one attached hydrogen (secondary N) is 3. The standard InChI is InChI=1S/C19H21N3O5S/c1-12(23)20-17-10-9-14(11-18(17)27-2)28(25,26)22-16-6-4-3-5-15(16)19(24)21-13-7-8-13/h3-6,9-11,13,22H,7-8H2,1-2H3,(H,20,23)(H,21,24). The second-order valence-corrected chi connectivity index (χ2v) is 8.12. The average molecular weight is 403 g/mol. The summed E-state index contributed by atoms with van der Waals surface area (Å²) in [6.45, 7) is 1.34. The van der Waals surface area contributed by atoms with Crippen molar-refractivity contribution < 1.29 is 22.7 Å². The van der Waals surface area contributed by atoms with E-state index in [1.807, 2.05) is 0 Å². The van der Waals surface area contributed by atoms with Gasteiger partial charge in [0, 0.05) is 19.0 Å². The van der Waals surface area contributed by atoms with Crippen LogP contribution in [-0.4, -0.2) is 33.4 Å². The molecule has 148 valence electrons. The minimum absolute atomic E-state index is 0.0594. The van der Waals surface area contributed by atoms with Gasteiger partial charge in [-0.15, -0.1) is 0 Å². The first kappa shape index (κ1) is 19.7. The van der Waals surface area contributed by atoms with Crippen LogP contribution in [0.1, 0.15) is 30.1 Å². The van der Waals surface area contributed by atoms with Gasteiger partial charge in [0.1, 0.15) is 5.75 Å². The molecule has 28 heavy (non-hydrogen) atoms. The molecule has 2 amide bonds. The summed E-state index contributed by atoms with van der Waals surface area (Å²) in [5, 5.41) is 5.41. The Morgan fingerprint density at radius 3 is 2.43 bits per heavy atom. The van der Waals surface area contributed by atoms with Crippen LogP contribution in [0.5, 0.6) is 5.75 Å². The number of benzene rings is 2. The minimum Gasteiger partial charge on any atom is -0.495 e. The number of sulfonamides is 1. The predicted molar refractivity (Wildman–Crippen MR) is 105 cm³/mol. The third-order valence-electron chi connectivity index (χ3n) is 4.12. The summed E-state index contributed by atoms with van der Waals surface area (Å²) in [5.74, 6) is -0.417. The zero-order valence-corrected chi connectivity index (χ0v) is 16.3. The largest absolute Gasteiger partial charge is 0.495 e. The first-order chi connectivity index (χ1) is 13.3. The molecular weight excluding hydrogens is 382 g/mol. The second-order valence-electron chi connectivity index (χ2n) is 6.44. The van der Waals surface area contributed by atoms with Crippen molar-refractivity contribution >= 4 is 33.2 Å². The van der Waals surface area contributed by atoms with Crippen LogP contribution in [-0.2, 0) is 14.8 Å². The molecule has 0 atom stereocenters. The van der Waals surface area contributed by atoms with Crippen LogP contribution in [0.15, 0.2) is 47.4 Å². The van der Waals surface area contributed by atoms with Crippen molar-refractivity contribution in [2.24, 2.45) is 0 Å². The summed E-state index contributed by atoms with van der Waals surface area (Å²) in [5.41, 5.74) is 0.795. The predicted octanol–water partition coefficient (Wildman–Crippen LogP) is 2.35. The van der Waals surface area contributed by atoms with Crippen LogP contribution in [0.3, 0.4) is 0 Å². The Morgan fingerprint density at radius 2 is 1.79 bits per heavy atom. The number of carbonyl (C=O) groups excluding carboxylic acids is 2. The van der Waals surface area contributed by atoms with E-state index in [-0.39, 0.29) is 39.8 Å². The quantitative estimate of drug-likeness (QED) is 0.657. The van der Waals surface area contributed by atoms with Gasteiger partial charge >= 0.3 is 0 Å². The summed E-state index contributed by atoms with van der Waals surface area (Å²) in [7, 11) is -2.61. The molecular formula is C19H21N3O5S. The Morgan fingerprint density at radius 1 is 1.07 bits per heavy atom. The highest BCUT2D eigenvalue weighted by atomic mass is 32.2. The number of ether oxygens (including phenoxy) is 1. The van der Waals surface area contributed by atoms with Gasteiger partial charge in [-0.3, -0.25) is 14.3 Å². The summed E-state index contributed by atoms with van der Waals surface area (Å²) < 4.78 is 33.3. The first-order valence-electron chi connectivity index (χ1n) is 8.68. The summed E-state index contributed by atoms with van der Waals surface area (Å²) in [6.07, 6.45) is 1.86. The van der Waals surface area contributed by atoms with Crippen LogP contribution in [0.4, 0.5) is 11.4 Å². The van der Waals surface area contributed by atoms with Crippen LogP contribution in [0, 0.1) is 0 Å². The third-order valence-corrected chi connectivity index (χ3v) is 5.49. The minimum atomic E-state index is -3.98. The van der Waals surface area contributed by atoms with E-state index in [1.54, 1.807) is 18.2 Å². The first-order valence-corrected chi connectivity index (χ1v) is 10.2. The Balaban J connectivity index is 1.88. The number of hydrogen-bond donors (Lipinski definition) is 3. The van der Waals surface area contributed by atoms with Crippen molar-refractivity contribution in [3.63, 3.8) is 0 Å². The Bertz CT molecular complexity index is 1020. The molecule has 0 heterocycles. The average Bonchev–Trinajstić information content (AvgIpc) is 3.45. The summed E-state index contributed by atoms with van der Waals surface area (Å²) in [4.78, 5) is 23.6. The van der Waals surface area contributed by atoms with E-state index in [1.165, 1.54) is 38.3 Å². The molecule has 2 aromatic carbocycles. The highest BCUT2D eigenvalue weighted by Gasteiger charge is 2.26. The molecule has 1 saturated carbocycles. The lowest BCUT2D eigenvalue weighted by Gasteiger charge is -2.14. The van der Waals surface area contributed by atoms with E-state index in [9.17, 15) is 18.0 Å². The highest BCUT2D eigenvalue weighted by molar-refractivity contribution is 7.92. The molecule has 0 bridgehead atoms. The maximum absolute atomic E-state index is 12.8. The van der Waals surface area contributed by atoms with Crippen molar-refractivity contribution in [3.8, 4) is 5.75 Å². The number of para-hydroxylation sites is 1. The number of hydrogen-bond acceptors (Lipinski definition) is 5. The molecule has 8 nitrogen and oxygen atoms in total. The van der Waals surface area contributed by atoms with Crippen molar-refractivity contribution in [2.75, 3.05) is 17.1 Å². The molecule has 0 unspecified atom stereocenters. The van der Waals surface area contributed by atoms with Crippen LogP contribution in [0.2, 0.25) is 0 Å². The van der Waals surface area contributed by atoms with E-state index < -0.39 is 10.0 Å². The van der Waals surface area contributed by atoms with Gasteiger partial charge in [-0.2, -0.15) is 0 Å². The van der Waals surface area contributed by atoms with Gasteiger partial charge in [0.05, 0.1) is 28.9 Å². The topological polar surface area (TPSA) is 114 Å². The molecule has 0 radical (unpaired) electrons. The van der Waals surface area contributed by atoms with Crippen molar-refractivity contribution in [2.45, 2.75) is 30.7 Å². The van der Waals surface area contributed by atoms with E-state index in [0.717, 1.165) is 12.8 Å². The fourth-order valence-corrected chi connectivity index (χ4v) is 3.69. The van der Waals surface area contributed by atoms with E-state index in [0.29, 0.717) is 5.69 Å². The molecule has 0 aliphatic heterocycles. The molecule has 2 aromatic rings. The molecule has 3 rings (SSSR count).